The van der Waals surface area contributed by atoms with Crippen LogP contribution in [-0.4, -0.2) is 16.1 Å². The molecule has 0 saturated heterocycles. The summed E-state index contributed by atoms with van der Waals surface area (Å²) in [4.78, 5) is 8.06. The lowest BCUT2D eigenvalue weighted by Crippen LogP contribution is -2.12. The van der Waals surface area contributed by atoms with E-state index in [4.69, 9.17) is 16.3 Å². The minimum Gasteiger partial charge on any atom is -0.460 e. The normalized spacial score (nSPS) is 17.3. The van der Waals surface area contributed by atoms with E-state index in [9.17, 15) is 0 Å². The number of rotatable bonds is 2. The van der Waals surface area contributed by atoms with E-state index in [1.807, 2.05) is 0 Å². The summed E-state index contributed by atoms with van der Waals surface area (Å²) in [6.45, 7) is 0. The van der Waals surface area contributed by atoms with Crippen molar-refractivity contribution in [3.05, 3.63) is 15.8 Å². The number of nitrogens with zero attached hydrogens (tertiary/aromatic N) is 2. The topological polar surface area (TPSA) is 35.0 Å². The standard InChI is InChI=1S/C9H10BrClN2O/c10-7-5-12-9(13-8(7)11)14-6-3-1-2-4-6/h5-6H,1-4H2. The first kappa shape index (κ1) is 10.2. The van der Waals surface area contributed by atoms with Crippen LogP contribution >= 0.6 is 27.5 Å². The summed E-state index contributed by atoms with van der Waals surface area (Å²) >= 11 is 9.05. The van der Waals surface area contributed by atoms with Crippen LogP contribution in [0, 0.1) is 0 Å². The van der Waals surface area contributed by atoms with Gasteiger partial charge >= 0.3 is 6.01 Å². The molecule has 1 aliphatic rings. The second-order valence-corrected chi connectivity index (χ2v) is 4.53. The van der Waals surface area contributed by atoms with Gasteiger partial charge in [-0.05, 0) is 41.6 Å². The molecule has 3 nitrogen and oxygen atoms in total. The van der Waals surface area contributed by atoms with Gasteiger partial charge in [0, 0.05) is 6.20 Å². The van der Waals surface area contributed by atoms with Crippen molar-refractivity contribution in [2.45, 2.75) is 31.8 Å². The Morgan fingerprint density at radius 3 is 2.79 bits per heavy atom. The number of hydrogen-bond acceptors (Lipinski definition) is 3. The van der Waals surface area contributed by atoms with Crippen molar-refractivity contribution >= 4 is 27.5 Å². The van der Waals surface area contributed by atoms with E-state index in [0.717, 1.165) is 12.8 Å². The molecular weight excluding hydrogens is 267 g/mol. The zero-order valence-electron chi connectivity index (χ0n) is 7.54. The van der Waals surface area contributed by atoms with Gasteiger partial charge in [-0.2, -0.15) is 4.98 Å². The van der Waals surface area contributed by atoms with Crippen LogP contribution in [0.5, 0.6) is 6.01 Å². The van der Waals surface area contributed by atoms with Gasteiger partial charge in [0.2, 0.25) is 0 Å². The van der Waals surface area contributed by atoms with Crippen LogP contribution in [-0.2, 0) is 0 Å². The minimum atomic E-state index is 0.271. The maximum Gasteiger partial charge on any atom is 0.318 e. The van der Waals surface area contributed by atoms with Crippen LogP contribution in [0.3, 0.4) is 0 Å². The van der Waals surface area contributed by atoms with Gasteiger partial charge in [0.1, 0.15) is 6.10 Å². The summed E-state index contributed by atoms with van der Waals surface area (Å²) in [5.41, 5.74) is 0. The quantitative estimate of drug-likeness (QED) is 0.779. The molecule has 0 aromatic carbocycles. The third-order valence-corrected chi connectivity index (χ3v) is 3.35. The summed E-state index contributed by atoms with van der Waals surface area (Å²) in [5, 5.41) is 0.396. The Balaban J connectivity index is 2.05. The van der Waals surface area contributed by atoms with Gasteiger partial charge in [-0.3, -0.25) is 0 Å². The van der Waals surface area contributed by atoms with Gasteiger partial charge in [-0.15, -0.1) is 0 Å². The number of halogens is 2. The summed E-state index contributed by atoms with van der Waals surface area (Å²) in [6, 6.07) is 0.380. The molecule has 0 radical (unpaired) electrons. The Hall–Kier alpha value is -0.350. The summed E-state index contributed by atoms with van der Waals surface area (Å²) < 4.78 is 6.28. The molecule has 5 heteroatoms. The smallest absolute Gasteiger partial charge is 0.318 e. The fraction of sp³-hybridized carbons (Fsp3) is 0.556. The largest absolute Gasteiger partial charge is 0.460 e. The van der Waals surface area contributed by atoms with Crippen LogP contribution in [0.4, 0.5) is 0 Å². The van der Waals surface area contributed by atoms with E-state index in [2.05, 4.69) is 25.9 Å². The second-order valence-electron chi connectivity index (χ2n) is 3.32. The molecule has 1 aliphatic carbocycles. The van der Waals surface area contributed by atoms with Crippen molar-refractivity contribution in [1.82, 2.24) is 9.97 Å². The molecule has 0 N–H and O–H groups in total. The highest BCUT2D eigenvalue weighted by atomic mass is 79.9. The molecule has 0 aliphatic heterocycles. The molecule has 14 heavy (non-hydrogen) atoms. The third kappa shape index (κ3) is 2.36. The van der Waals surface area contributed by atoms with Crippen molar-refractivity contribution in [1.29, 1.82) is 0 Å². The predicted molar refractivity (Wildman–Crippen MR) is 57.6 cm³/mol. The fourth-order valence-corrected chi connectivity index (χ4v) is 1.86. The number of aromatic nitrogens is 2. The Labute approximate surface area is 96.0 Å². The lowest BCUT2D eigenvalue weighted by molar-refractivity contribution is 0.192. The Bertz CT molecular complexity index is 329. The van der Waals surface area contributed by atoms with Crippen LogP contribution in [0.15, 0.2) is 10.7 Å². The molecule has 0 bridgehead atoms. The molecule has 0 spiro atoms. The van der Waals surface area contributed by atoms with Gasteiger partial charge in [-0.1, -0.05) is 11.6 Å². The number of hydrogen-bond donors (Lipinski definition) is 0. The number of ether oxygens (including phenoxy) is 1. The van der Waals surface area contributed by atoms with Crippen LogP contribution in [0.2, 0.25) is 5.15 Å². The van der Waals surface area contributed by atoms with Crippen LogP contribution < -0.4 is 4.74 Å². The zero-order chi connectivity index (χ0) is 9.97. The van der Waals surface area contributed by atoms with E-state index >= 15 is 0 Å². The lowest BCUT2D eigenvalue weighted by Gasteiger charge is -2.10. The second kappa shape index (κ2) is 4.45. The van der Waals surface area contributed by atoms with Crippen molar-refractivity contribution in [3.8, 4) is 6.01 Å². The SMILES string of the molecule is Clc1nc(OC2CCCC2)ncc1Br. The summed E-state index contributed by atoms with van der Waals surface area (Å²) in [5.74, 6) is 0. The maximum atomic E-state index is 5.82. The fourth-order valence-electron chi connectivity index (χ4n) is 1.54. The molecule has 1 saturated carbocycles. The van der Waals surface area contributed by atoms with E-state index in [1.165, 1.54) is 12.8 Å². The maximum absolute atomic E-state index is 5.82. The first-order valence-corrected chi connectivity index (χ1v) is 5.77. The van der Waals surface area contributed by atoms with Gasteiger partial charge < -0.3 is 4.74 Å². The Kier molecular flexibility index (Phi) is 3.23. The molecule has 76 valence electrons. The molecule has 1 aromatic heterocycles. The highest BCUT2D eigenvalue weighted by Gasteiger charge is 2.17. The zero-order valence-corrected chi connectivity index (χ0v) is 9.88. The molecule has 0 amide bonds. The van der Waals surface area contributed by atoms with Gasteiger partial charge in [0.05, 0.1) is 4.47 Å². The lowest BCUT2D eigenvalue weighted by atomic mass is 10.3. The van der Waals surface area contributed by atoms with Crippen molar-refractivity contribution in [2.75, 3.05) is 0 Å². The van der Waals surface area contributed by atoms with E-state index in [1.54, 1.807) is 6.20 Å². The molecule has 2 rings (SSSR count). The minimum absolute atomic E-state index is 0.271. The monoisotopic (exact) mass is 276 g/mol. The third-order valence-electron chi connectivity index (χ3n) is 2.25. The summed E-state index contributed by atoms with van der Waals surface area (Å²) in [6.07, 6.45) is 6.53. The van der Waals surface area contributed by atoms with Gasteiger partial charge in [0.15, 0.2) is 5.15 Å². The van der Waals surface area contributed by atoms with Gasteiger partial charge in [-0.25, -0.2) is 4.98 Å². The Morgan fingerprint density at radius 1 is 1.43 bits per heavy atom. The highest BCUT2D eigenvalue weighted by Crippen LogP contribution is 2.24. The average Bonchev–Trinajstić information content (AvgIpc) is 2.64. The van der Waals surface area contributed by atoms with Crippen LogP contribution in [0.25, 0.3) is 0 Å². The highest BCUT2D eigenvalue weighted by molar-refractivity contribution is 9.10. The molecule has 1 fully saturated rings. The molecule has 1 aromatic rings. The van der Waals surface area contributed by atoms with Crippen molar-refractivity contribution in [2.24, 2.45) is 0 Å². The summed E-state index contributed by atoms with van der Waals surface area (Å²) in [7, 11) is 0. The average molecular weight is 278 g/mol. The van der Waals surface area contributed by atoms with E-state index < -0.39 is 0 Å². The van der Waals surface area contributed by atoms with E-state index in [-0.39, 0.29) is 6.10 Å². The molecule has 1 heterocycles. The molecule has 0 atom stereocenters. The molecular formula is C9H10BrClN2O. The first-order chi connectivity index (χ1) is 6.75. The van der Waals surface area contributed by atoms with Crippen LogP contribution in [0.1, 0.15) is 25.7 Å². The molecule has 0 unspecified atom stereocenters. The van der Waals surface area contributed by atoms with Crippen molar-refractivity contribution < 1.29 is 4.74 Å². The van der Waals surface area contributed by atoms with E-state index in [0.29, 0.717) is 15.6 Å². The van der Waals surface area contributed by atoms with Gasteiger partial charge in [0.25, 0.3) is 0 Å². The van der Waals surface area contributed by atoms with Crippen molar-refractivity contribution in [3.63, 3.8) is 0 Å². The Morgan fingerprint density at radius 2 is 2.14 bits per heavy atom. The first-order valence-electron chi connectivity index (χ1n) is 4.60. The predicted octanol–water partition coefficient (Wildman–Crippen LogP) is 3.21.